The second-order valence-corrected chi connectivity index (χ2v) is 5.98. The standard InChI is InChI=1S/C11H18OS/c1-6(2)9-7-3-8(12)10(5-13)4-11(7,9)10/h6-9,12-13H,3-5H2,1-2H3. The Bertz CT molecular complexity index is 265. The maximum absolute atomic E-state index is 9.94. The summed E-state index contributed by atoms with van der Waals surface area (Å²) in [6, 6.07) is 0. The Morgan fingerprint density at radius 2 is 2.23 bits per heavy atom. The molecule has 3 rings (SSSR count). The van der Waals surface area contributed by atoms with Crippen molar-refractivity contribution in [3.05, 3.63) is 0 Å². The summed E-state index contributed by atoms with van der Waals surface area (Å²) in [6.07, 6.45) is 2.28. The van der Waals surface area contributed by atoms with E-state index in [4.69, 9.17) is 0 Å². The Kier molecular flexibility index (Phi) is 1.40. The largest absolute Gasteiger partial charge is 0.392 e. The molecule has 0 aliphatic heterocycles. The molecule has 0 amide bonds. The van der Waals surface area contributed by atoms with E-state index in [9.17, 15) is 5.11 Å². The molecule has 3 fully saturated rings. The van der Waals surface area contributed by atoms with Gasteiger partial charge in [-0.15, -0.1) is 0 Å². The van der Waals surface area contributed by atoms with Gasteiger partial charge in [0.05, 0.1) is 6.10 Å². The van der Waals surface area contributed by atoms with Gasteiger partial charge in [0.1, 0.15) is 0 Å². The predicted molar refractivity (Wildman–Crippen MR) is 55.8 cm³/mol. The van der Waals surface area contributed by atoms with Crippen LogP contribution in [0.15, 0.2) is 0 Å². The van der Waals surface area contributed by atoms with Gasteiger partial charge in [-0.1, -0.05) is 13.8 Å². The summed E-state index contributed by atoms with van der Waals surface area (Å²) in [5.74, 6) is 3.45. The number of hydrogen-bond donors (Lipinski definition) is 2. The van der Waals surface area contributed by atoms with Crippen molar-refractivity contribution in [1.29, 1.82) is 0 Å². The van der Waals surface area contributed by atoms with Crippen molar-refractivity contribution in [3.8, 4) is 0 Å². The van der Waals surface area contributed by atoms with Crippen molar-refractivity contribution < 1.29 is 5.11 Å². The highest BCUT2D eigenvalue weighted by Crippen LogP contribution is 2.92. The van der Waals surface area contributed by atoms with Gasteiger partial charge in [0.15, 0.2) is 0 Å². The molecule has 3 aliphatic rings. The van der Waals surface area contributed by atoms with Crippen molar-refractivity contribution >= 4 is 12.6 Å². The summed E-state index contributed by atoms with van der Waals surface area (Å²) in [4.78, 5) is 0. The fourth-order valence-corrected chi connectivity index (χ4v) is 5.21. The first-order valence-electron chi connectivity index (χ1n) is 5.39. The number of aliphatic hydroxyl groups is 1. The normalized spacial score (nSPS) is 62.1. The lowest BCUT2D eigenvalue weighted by molar-refractivity contribution is 0.0950. The van der Waals surface area contributed by atoms with Gasteiger partial charge in [0.2, 0.25) is 0 Å². The van der Waals surface area contributed by atoms with Crippen molar-refractivity contribution in [1.82, 2.24) is 0 Å². The lowest BCUT2D eigenvalue weighted by Crippen LogP contribution is -2.24. The molecule has 0 saturated heterocycles. The Morgan fingerprint density at radius 1 is 1.54 bits per heavy atom. The zero-order chi connectivity index (χ0) is 9.43. The van der Waals surface area contributed by atoms with Gasteiger partial charge < -0.3 is 5.11 Å². The van der Waals surface area contributed by atoms with Crippen LogP contribution in [-0.4, -0.2) is 17.0 Å². The third-order valence-corrected chi connectivity index (χ3v) is 5.67. The predicted octanol–water partition coefficient (Wildman–Crippen LogP) is 1.96. The molecule has 5 unspecified atom stereocenters. The van der Waals surface area contributed by atoms with Crippen molar-refractivity contribution in [2.24, 2.45) is 28.6 Å². The topological polar surface area (TPSA) is 20.2 Å². The van der Waals surface area contributed by atoms with Crippen LogP contribution in [0.4, 0.5) is 0 Å². The van der Waals surface area contributed by atoms with Gasteiger partial charge in [-0.05, 0) is 41.8 Å². The summed E-state index contributed by atoms with van der Waals surface area (Å²) in [5, 5.41) is 9.94. The molecular weight excluding hydrogens is 180 g/mol. The SMILES string of the molecule is CC(C)C1C2CC(O)C3(CS)CC213. The summed E-state index contributed by atoms with van der Waals surface area (Å²) < 4.78 is 0. The zero-order valence-electron chi connectivity index (χ0n) is 8.33. The van der Waals surface area contributed by atoms with E-state index in [1.54, 1.807) is 0 Å². The average Bonchev–Trinajstić information content (AvgIpc) is 2.88. The van der Waals surface area contributed by atoms with Crippen LogP contribution in [0, 0.1) is 28.6 Å². The highest BCUT2D eigenvalue weighted by molar-refractivity contribution is 7.80. The third-order valence-electron chi connectivity index (χ3n) is 5.11. The maximum Gasteiger partial charge on any atom is 0.0613 e. The van der Waals surface area contributed by atoms with Crippen molar-refractivity contribution in [2.45, 2.75) is 32.8 Å². The molecule has 5 atom stereocenters. The number of rotatable bonds is 2. The van der Waals surface area contributed by atoms with Crippen LogP contribution in [-0.2, 0) is 0 Å². The summed E-state index contributed by atoms with van der Waals surface area (Å²) >= 11 is 4.43. The molecule has 74 valence electrons. The minimum Gasteiger partial charge on any atom is -0.392 e. The molecule has 1 N–H and O–H groups in total. The fourth-order valence-electron chi connectivity index (χ4n) is 4.60. The maximum atomic E-state index is 9.94. The number of hydrogen-bond acceptors (Lipinski definition) is 2. The smallest absolute Gasteiger partial charge is 0.0613 e. The molecule has 13 heavy (non-hydrogen) atoms. The van der Waals surface area contributed by atoms with Crippen LogP contribution in [0.1, 0.15) is 26.7 Å². The molecular formula is C11H18OS. The van der Waals surface area contributed by atoms with E-state index in [-0.39, 0.29) is 11.5 Å². The zero-order valence-corrected chi connectivity index (χ0v) is 9.22. The van der Waals surface area contributed by atoms with Gasteiger partial charge >= 0.3 is 0 Å². The van der Waals surface area contributed by atoms with E-state index >= 15 is 0 Å². The highest BCUT2D eigenvalue weighted by atomic mass is 32.1. The van der Waals surface area contributed by atoms with E-state index in [0.717, 1.165) is 29.9 Å². The summed E-state index contributed by atoms with van der Waals surface area (Å²) in [5.41, 5.74) is 0.804. The van der Waals surface area contributed by atoms with Crippen LogP contribution in [0.3, 0.4) is 0 Å². The summed E-state index contributed by atoms with van der Waals surface area (Å²) in [7, 11) is 0. The van der Waals surface area contributed by atoms with Gasteiger partial charge in [-0.2, -0.15) is 12.6 Å². The van der Waals surface area contributed by atoms with Crippen molar-refractivity contribution in [2.75, 3.05) is 5.75 Å². The molecule has 1 spiro atoms. The van der Waals surface area contributed by atoms with Crippen LogP contribution < -0.4 is 0 Å². The Balaban J connectivity index is 1.89. The van der Waals surface area contributed by atoms with Gasteiger partial charge in [-0.25, -0.2) is 0 Å². The highest BCUT2D eigenvalue weighted by Gasteiger charge is 2.90. The first-order chi connectivity index (χ1) is 6.10. The van der Waals surface area contributed by atoms with Crippen LogP contribution in [0.2, 0.25) is 0 Å². The monoisotopic (exact) mass is 198 g/mol. The van der Waals surface area contributed by atoms with Crippen LogP contribution in [0.25, 0.3) is 0 Å². The van der Waals surface area contributed by atoms with Crippen LogP contribution in [0.5, 0.6) is 0 Å². The molecule has 0 bridgehead atoms. The molecule has 2 heteroatoms. The molecule has 3 aliphatic carbocycles. The Hall–Kier alpha value is 0.310. The quantitative estimate of drug-likeness (QED) is 0.650. The molecule has 0 aromatic carbocycles. The number of aliphatic hydroxyl groups excluding tert-OH is 1. The van der Waals surface area contributed by atoms with Crippen molar-refractivity contribution in [3.63, 3.8) is 0 Å². The second-order valence-electron chi connectivity index (χ2n) is 5.66. The third kappa shape index (κ3) is 0.666. The molecule has 0 heterocycles. The van der Waals surface area contributed by atoms with E-state index in [2.05, 4.69) is 26.5 Å². The van der Waals surface area contributed by atoms with Crippen LogP contribution >= 0.6 is 12.6 Å². The molecule has 0 aromatic heterocycles. The van der Waals surface area contributed by atoms with E-state index in [1.165, 1.54) is 6.42 Å². The van der Waals surface area contributed by atoms with Gasteiger partial charge in [-0.3, -0.25) is 0 Å². The average molecular weight is 198 g/mol. The fraction of sp³-hybridized carbons (Fsp3) is 1.00. The van der Waals surface area contributed by atoms with E-state index < -0.39 is 0 Å². The summed E-state index contributed by atoms with van der Waals surface area (Å²) in [6.45, 7) is 4.65. The molecule has 1 nitrogen and oxygen atoms in total. The van der Waals surface area contributed by atoms with Gasteiger partial charge in [0, 0.05) is 5.41 Å². The lowest BCUT2D eigenvalue weighted by atomic mass is 9.92. The Labute approximate surface area is 85.3 Å². The minimum atomic E-state index is -0.0370. The number of thiol groups is 1. The lowest BCUT2D eigenvalue weighted by Gasteiger charge is -2.20. The van der Waals surface area contributed by atoms with E-state index in [0.29, 0.717) is 5.41 Å². The van der Waals surface area contributed by atoms with E-state index in [1.807, 2.05) is 0 Å². The molecule has 3 saturated carbocycles. The molecule has 0 aromatic rings. The second kappa shape index (κ2) is 2.11. The first-order valence-corrected chi connectivity index (χ1v) is 6.02. The van der Waals surface area contributed by atoms with Gasteiger partial charge in [0.25, 0.3) is 0 Å². The minimum absolute atomic E-state index is 0.0370. The molecule has 0 radical (unpaired) electrons. The Morgan fingerprint density at radius 3 is 2.69 bits per heavy atom. The first kappa shape index (κ1) is 8.60.